The van der Waals surface area contributed by atoms with Gasteiger partial charge in [0.1, 0.15) is 11.6 Å². The lowest BCUT2D eigenvalue weighted by Gasteiger charge is -2.40. The highest BCUT2D eigenvalue weighted by atomic mass is 16.1. The molecular weight excluding hydrogens is 280 g/mol. The van der Waals surface area contributed by atoms with E-state index in [1.54, 1.807) is 6.20 Å². The Balaban J connectivity index is 1.47. The van der Waals surface area contributed by atoms with Gasteiger partial charge in [0.05, 0.1) is 17.8 Å². The second kappa shape index (κ2) is 4.79. The molecule has 0 bridgehead atoms. The van der Waals surface area contributed by atoms with Gasteiger partial charge in [0.25, 0.3) is 5.91 Å². The van der Waals surface area contributed by atoms with Crippen LogP contribution in [-0.4, -0.2) is 38.7 Å². The van der Waals surface area contributed by atoms with Gasteiger partial charge in [-0.25, -0.2) is 9.97 Å². The zero-order chi connectivity index (χ0) is 15.3. The lowest BCUT2D eigenvalue weighted by Crippen LogP contribution is -2.48. The molecular formula is C15H18N6O. The van der Waals surface area contributed by atoms with Crippen LogP contribution in [-0.2, 0) is 0 Å². The predicted molar refractivity (Wildman–Crippen MR) is 80.7 cm³/mol. The Morgan fingerprint density at radius 2 is 2.09 bits per heavy atom. The van der Waals surface area contributed by atoms with Crippen molar-refractivity contribution in [3.63, 3.8) is 0 Å². The van der Waals surface area contributed by atoms with Crippen molar-refractivity contribution in [1.82, 2.24) is 19.7 Å². The van der Waals surface area contributed by atoms with E-state index in [-0.39, 0.29) is 6.04 Å². The molecule has 0 aromatic carbocycles. The molecule has 2 fully saturated rings. The summed E-state index contributed by atoms with van der Waals surface area (Å²) >= 11 is 0. The van der Waals surface area contributed by atoms with E-state index in [0.717, 1.165) is 30.4 Å². The second-order valence-corrected chi connectivity index (χ2v) is 6.13. The molecule has 2 aliphatic rings. The van der Waals surface area contributed by atoms with Crippen molar-refractivity contribution >= 4 is 11.7 Å². The number of nitrogens with zero attached hydrogens (tertiary/aromatic N) is 5. The van der Waals surface area contributed by atoms with Crippen molar-refractivity contribution in [1.29, 1.82) is 0 Å². The molecule has 22 heavy (non-hydrogen) atoms. The highest BCUT2D eigenvalue weighted by Crippen LogP contribution is 2.39. The lowest BCUT2D eigenvalue weighted by molar-refractivity contribution is 0.1000. The van der Waals surface area contributed by atoms with Crippen molar-refractivity contribution in [2.75, 3.05) is 18.0 Å². The summed E-state index contributed by atoms with van der Waals surface area (Å²) in [6.45, 7) is 3.68. The third kappa shape index (κ3) is 2.32. The van der Waals surface area contributed by atoms with Crippen LogP contribution in [0.15, 0.2) is 18.5 Å². The summed E-state index contributed by atoms with van der Waals surface area (Å²) in [6.07, 6.45) is 5.64. The predicted octanol–water partition coefficient (Wildman–Crippen LogP) is 1.02. The molecule has 1 saturated heterocycles. The minimum absolute atomic E-state index is 0.257. The van der Waals surface area contributed by atoms with Crippen LogP contribution in [0, 0.1) is 6.92 Å². The van der Waals surface area contributed by atoms with E-state index in [4.69, 9.17) is 10.7 Å². The Morgan fingerprint density at radius 1 is 1.32 bits per heavy atom. The van der Waals surface area contributed by atoms with Gasteiger partial charge in [0.2, 0.25) is 0 Å². The molecule has 0 atom stereocenters. The molecule has 2 aromatic heterocycles. The van der Waals surface area contributed by atoms with E-state index in [1.807, 2.05) is 17.7 Å². The van der Waals surface area contributed by atoms with Crippen LogP contribution in [0.4, 0.5) is 5.82 Å². The van der Waals surface area contributed by atoms with Gasteiger partial charge in [0.15, 0.2) is 0 Å². The Labute approximate surface area is 128 Å². The molecule has 1 aliphatic heterocycles. The molecule has 0 radical (unpaired) electrons. The van der Waals surface area contributed by atoms with Crippen LogP contribution in [0.5, 0.6) is 0 Å². The van der Waals surface area contributed by atoms with E-state index in [1.165, 1.54) is 19.0 Å². The number of anilines is 1. The molecule has 2 N–H and O–H groups in total. The average Bonchev–Trinajstić information content (AvgIpc) is 3.16. The first-order valence-electron chi connectivity index (χ1n) is 7.54. The number of hydrogen-bond acceptors (Lipinski definition) is 5. The highest BCUT2D eigenvalue weighted by molar-refractivity contribution is 5.92. The fourth-order valence-corrected chi connectivity index (χ4v) is 2.74. The Hall–Kier alpha value is -2.44. The standard InChI is InChI=1S/C15H18N6O/c1-9-4-13(19-15(18-9)10-2-3-10)20-7-12(8-20)21-6-11(5-17-21)14(16)22/h4-6,10,12H,2-3,7-8H2,1H3,(H2,16,22). The van der Waals surface area contributed by atoms with Crippen molar-refractivity contribution in [2.45, 2.75) is 31.7 Å². The van der Waals surface area contributed by atoms with Crippen LogP contribution >= 0.6 is 0 Å². The molecule has 0 spiro atoms. The van der Waals surface area contributed by atoms with E-state index in [0.29, 0.717) is 11.5 Å². The summed E-state index contributed by atoms with van der Waals surface area (Å²) in [5.41, 5.74) is 6.72. The minimum Gasteiger partial charge on any atom is -0.366 e. The maximum absolute atomic E-state index is 11.1. The number of aryl methyl sites for hydroxylation is 1. The molecule has 3 heterocycles. The van der Waals surface area contributed by atoms with Crippen LogP contribution < -0.4 is 10.6 Å². The van der Waals surface area contributed by atoms with E-state index in [2.05, 4.69) is 15.0 Å². The summed E-state index contributed by atoms with van der Waals surface area (Å²) in [4.78, 5) is 22.6. The topological polar surface area (TPSA) is 89.9 Å². The first-order chi connectivity index (χ1) is 10.6. The highest BCUT2D eigenvalue weighted by Gasteiger charge is 2.32. The van der Waals surface area contributed by atoms with Crippen molar-refractivity contribution < 1.29 is 4.79 Å². The number of nitrogens with two attached hydrogens (primary N) is 1. The molecule has 114 valence electrons. The number of carbonyl (C=O) groups excluding carboxylic acids is 1. The average molecular weight is 298 g/mol. The van der Waals surface area contributed by atoms with Gasteiger partial charge in [0, 0.05) is 37.0 Å². The molecule has 2 aromatic rings. The van der Waals surface area contributed by atoms with Gasteiger partial charge in [-0.15, -0.1) is 0 Å². The normalized spacial score (nSPS) is 18.3. The van der Waals surface area contributed by atoms with Crippen LogP contribution in [0.3, 0.4) is 0 Å². The first kappa shape index (κ1) is 13.2. The second-order valence-electron chi connectivity index (χ2n) is 6.13. The fourth-order valence-electron chi connectivity index (χ4n) is 2.74. The third-order valence-corrected chi connectivity index (χ3v) is 4.25. The van der Waals surface area contributed by atoms with Crippen LogP contribution in [0.25, 0.3) is 0 Å². The molecule has 7 heteroatoms. The zero-order valence-corrected chi connectivity index (χ0v) is 12.4. The molecule has 1 aliphatic carbocycles. The van der Waals surface area contributed by atoms with Gasteiger partial charge in [-0.3, -0.25) is 9.48 Å². The third-order valence-electron chi connectivity index (χ3n) is 4.25. The number of primary amides is 1. The number of rotatable bonds is 4. The van der Waals surface area contributed by atoms with E-state index < -0.39 is 5.91 Å². The van der Waals surface area contributed by atoms with Crippen molar-refractivity contribution in [3.8, 4) is 0 Å². The van der Waals surface area contributed by atoms with E-state index in [9.17, 15) is 4.79 Å². The SMILES string of the molecule is Cc1cc(N2CC(n3cc(C(N)=O)cn3)C2)nc(C2CC2)n1. The largest absolute Gasteiger partial charge is 0.366 e. The molecule has 7 nitrogen and oxygen atoms in total. The maximum atomic E-state index is 11.1. The number of hydrogen-bond donors (Lipinski definition) is 1. The fraction of sp³-hybridized carbons (Fsp3) is 0.467. The number of amides is 1. The quantitative estimate of drug-likeness (QED) is 0.910. The summed E-state index contributed by atoms with van der Waals surface area (Å²) in [7, 11) is 0. The summed E-state index contributed by atoms with van der Waals surface area (Å²) < 4.78 is 1.81. The van der Waals surface area contributed by atoms with Gasteiger partial charge >= 0.3 is 0 Å². The monoisotopic (exact) mass is 298 g/mol. The first-order valence-corrected chi connectivity index (χ1v) is 7.54. The Bertz CT molecular complexity index is 729. The minimum atomic E-state index is -0.442. The zero-order valence-electron chi connectivity index (χ0n) is 12.4. The van der Waals surface area contributed by atoms with Gasteiger partial charge in [-0.2, -0.15) is 5.10 Å². The van der Waals surface area contributed by atoms with Crippen molar-refractivity contribution in [2.24, 2.45) is 5.73 Å². The summed E-state index contributed by atoms with van der Waals surface area (Å²) in [6, 6.07) is 2.28. The van der Waals surface area contributed by atoms with Gasteiger partial charge < -0.3 is 10.6 Å². The molecule has 1 amide bonds. The van der Waals surface area contributed by atoms with Crippen molar-refractivity contribution in [3.05, 3.63) is 35.5 Å². The van der Waals surface area contributed by atoms with Gasteiger partial charge in [-0.05, 0) is 19.8 Å². The van der Waals surface area contributed by atoms with Gasteiger partial charge in [-0.1, -0.05) is 0 Å². The number of aromatic nitrogens is 4. The van der Waals surface area contributed by atoms with Crippen LogP contribution in [0.1, 0.15) is 46.7 Å². The Kier molecular flexibility index (Phi) is 2.88. The molecule has 1 saturated carbocycles. The smallest absolute Gasteiger partial charge is 0.251 e. The summed E-state index contributed by atoms with van der Waals surface area (Å²) in [5, 5.41) is 4.22. The molecule has 4 rings (SSSR count). The summed E-state index contributed by atoms with van der Waals surface area (Å²) in [5.74, 6) is 2.09. The van der Waals surface area contributed by atoms with Crippen LogP contribution in [0.2, 0.25) is 0 Å². The van der Waals surface area contributed by atoms with E-state index >= 15 is 0 Å². The lowest BCUT2D eigenvalue weighted by atomic mass is 10.1. The molecule has 0 unspecified atom stereocenters. The number of carbonyl (C=O) groups is 1. The maximum Gasteiger partial charge on any atom is 0.251 e. The Morgan fingerprint density at radius 3 is 2.73 bits per heavy atom.